The highest BCUT2D eigenvalue weighted by Crippen LogP contribution is 2.39. The van der Waals surface area contributed by atoms with Gasteiger partial charge in [0.15, 0.2) is 0 Å². The smallest absolute Gasteiger partial charge is 0.386 e. The Morgan fingerprint density at radius 2 is 1.39 bits per heavy atom. The summed E-state index contributed by atoms with van der Waals surface area (Å²) < 4.78 is 29.9. The number of amides is 1. The fraction of sp³-hybridized carbons (Fsp3) is 0.614. The topological polar surface area (TPSA) is 211 Å². The maximum atomic E-state index is 14.3. The van der Waals surface area contributed by atoms with Crippen LogP contribution >= 0.6 is 11.6 Å². The molecule has 0 unspecified atom stereocenters. The van der Waals surface area contributed by atoms with Gasteiger partial charge in [0.2, 0.25) is 5.79 Å². The maximum absolute atomic E-state index is 14.3. The van der Waals surface area contributed by atoms with Crippen LogP contribution in [0.5, 0.6) is 0 Å². The summed E-state index contributed by atoms with van der Waals surface area (Å²) in [5.74, 6) is -8.73. The van der Waals surface area contributed by atoms with Crippen molar-refractivity contribution in [1.82, 2.24) is 4.90 Å². The fourth-order valence-electron chi connectivity index (χ4n) is 10.7. The number of benzene rings is 2. The van der Waals surface area contributed by atoms with Crippen molar-refractivity contribution in [3.63, 3.8) is 0 Å². The first kappa shape index (κ1) is 60.1. The number of allylic oxidation sites excluding steroid dienone is 3. The second-order valence-electron chi connectivity index (χ2n) is 20.6. The molecule has 2 aromatic carbocycles. The molecule has 0 aromatic heterocycles. The zero-order valence-corrected chi connectivity index (χ0v) is 45.2. The molecule has 2 N–H and O–H groups in total. The third-order valence-corrected chi connectivity index (χ3v) is 15.6. The lowest BCUT2D eigenvalue weighted by Gasteiger charge is -2.47. The second-order valence-corrected chi connectivity index (χ2v) is 21.1. The summed E-state index contributed by atoms with van der Waals surface area (Å²) in [6, 6.07) is 15.5. The van der Waals surface area contributed by atoms with Crippen molar-refractivity contribution in [3.05, 3.63) is 95.1 Å². The predicted molar refractivity (Wildman–Crippen MR) is 275 cm³/mol. The van der Waals surface area contributed by atoms with E-state index in [1.54, 1.807) is 81.6 Å². The number of aliphatic hydroxyl groups is 2. The van der Waals surface area contributed by atoms with Gasteiger partial charge in [0.1, 0.15) is 24.0 Å². The summed E-state index contributed by atoms with van der Waals surface area (Å²) >= 11 is 6.52. The van der Waals surface area contributed by atoms with E-state index in [1.807, 2.05) is 32.9 Å². The van der Waals surface area contributed by atoms with Crippen LogP contribution in [-0.4, -0.2) is 132 Å². The van der Waals surface area contributed by atoms with Crippen molar-refractivity contribution >= 4 is 47.0 Å². The molecule has 2 bridgehead atoms. The third-order valence-electron chi connectivity index (χ3n) is 15.1. The number of nitrogens with zero attached hydrogens (tertiary/aromatic N) is 1. The summed E-state index contributed by atoms with van der Waals surface area (Å²) in [5, 5.41) is 23.6. The van der Waals surface area contributed by atoms with Crippen molar-refractivity contribution in [3.8, 4) is 0 Å². The molecule has 17 heteroatoms. The first-order chi connectivity index (χ1) is 35.3. The van der Waals surface area contributed by atoms with Crippen molar-refractivity contribution in [2.75, 3.05) is 27.9 Å². The van der Waals surface area contributed by atoms with E-state index >= 15 is 0 Å². The summed E-state index contributed by atoms with van der Waals surface area (Å²) in [6.45, 7) is 11.3. The molecule has 3 fully saturated rings. The number of hydrogen-bond acceptors (Lipinski definition) is 15. The number of rotatable bonds is 8. The van der Waals surface area contributed by atoms with E-state index < -0.39 is 89.7 Å². The lowest BCUT2D eigenvalue weighted by molar-refractivity contribution is -0.302. The Labute approximate surface area is 441 Å². The predicted octanol–water partition coefficient (Wildman–Crippen LogP) is 8.33. The van der Waals surface area contributed by atoms with Crippen LogP contribution in [-0.2, 0) is 52.6 Å². The van der Waals surface area contributed by atoms with Crippen molar-refractivity contribution in [2.24, 2.45) is 29.6 Å². The lowest BCUT2D eigenvalue weighted by atomic mass is 9.82. The molecule has 3 heterocycles. The van der Waals surface area contributed by atoms with Crippen LogP contribution in [0.1, 0.15) is 133 Å². The standard InChI is InChI=1S/C43H68ClNO11.C14H10O4/c1-10-30-18-24(2)17-25(3)19-36(53-8)39-37(54-9)21-27(5)43(51,56-39)40(48)41(49)45-16-12-11-13-32(45)42(50)55-38(28(6)33(46)23-34(30)47)26(4)20-29-14-15-31(44)35(22-29)52-7;15-13(11-7-3-1-4-8-11)17-18-14(16)12-9-5-2-6-10-12/h18,20,25,27-33,35-39,46,51H,10-17,19,21-23H2,1-9H3;1-10H/b24-18+,26-20+;/t25-,27+,28+,29-,30+,31+,32-,33-,35+,36-,37-,38+,39+,43+;/m0./s1. The Bertz CT molecular complexity index is 2210. The van der Waals surface area contributed by atoms with E-state index in [-0.39, 0.29) is 54.9 Å². The highest BCUT2D eigenvalue weighted by atomic mass is 35.5. The van der Waals surface area contributed by atoms with E-state index in [2.05, 4.69) is 16.7 Å². The zero-order chi connectivity index (χ0) is 54.3. The van der Waals surface area contributed by atoms with Crippen LogP contribution in [0, 0.1) is 29.6 Å². The van der Waals surface area contributed by atoms with E-state index in [1.165, 1.54) is 19.1 Å². The van der Waals surface area contributed by atoms with E-state index in [9.17, 15) is 39.0 Å². The molecule has 2 aromatic rings. The average molecular weight is 1050 g/mol. The summed E-state index contributed by atoms with van der Waals surface area (Å²) in [7, 11) is 4.71. The second kappa shape index (κ2) is 28.4. The Morgan fingerprint density at radius 3 is 1.96 bits per heavy atom. The quantitative estimate of drug-likeness (QED) is 0.0636. The first-order valence-electron chi connectivity index (χ1n) is 26.0. The number of ketones is 2. The largest absolute Gasteiger partial charge is 0.456 e. The number of carbonyl (C=O) groups excluding carboxylic acids is 6. The number of aliphatic hydroxyl groups excluding tert-OH is 1. The van der Waals surface area contributed by atoms with E-state index in [0.717, 1.165) is 18.4 Å². The van der Waals surface area contributed by atoms with Crippen molar-refractivity contribution in [2.45, 2.75) is 166 Å². The van der Waals surface area contributed by atoms with Gasteiger partial charge in [-0.2, -0.15) is 0 Å². The van der Waals surface area contributed by atoms with Gasteiger partial charge in [0.05, 0.1) is 40.9 Å². The minimum atomic E-state index is -2.49. The van der Waals surface area contributed by atoms with Crippen LogP contribution in [0.15, 0.2) is 84.0 Å². The summed E-state index contributed by atoms with van der Waals surface area (Å²) in [4.78, 5) is 89.6. The molecule has 4 aliphatic rings. The number of ether oxygens (including phenoxy) is 5. The number of cyclic esters (lactones) is 1. The molecule has 3 aliphatic heterocycles. The third kappa shape index (κ3) is 15.6. The van der Waals surface area contributed by atoms with Gasteiger partial charge in [-0.1, -0.05) is 81.8 Å². The van der Waals surface area contributed by atoms with Crippen LogP contribution in [0.3, 0.4) is 0 Å². The van der Waals surface area contributed by atoms with Gasteiger partial charge in [-0.25, -0.2) is 24.2 Å². The van der Waals surface area contributed by atoms with Gasteiger partial charge < -0.3 is 38.8 Å². The SMILES string of the molecule is CC[C@@H]1/C=C(\C)C[C@H](C)C[C@H](OC)[C@H]2O[C@@](O)(C(=O)C(=O)N3CCCC[C@H]3C(=O)O[C@H](/C(C)=C/[C@@H]3CC[C@@H](Cl)[C@H](OC)C3)[C@H](C)[C@@H](O)CC1=O)[C@H](C)C[C@@H]2OC.O=C(OOC(=O)c1ccccc1)c1ccccc1. The van der Waals surface area contributed by atoms with Gasteiger partial charge in [-0.15, -0.1) is 11.6 Å². The van der Waals surface area contributed by atoms with Crippen molar-refractivity contribution < 1.29 is 72.4 Å². The highest BCUT2D eigenvalue weighted by Gasteiger charge is 2.56. The molecule has 14 atom stereocenters. The molecule has 1 amide bonds. The minimum absolute atomic E-state index is 0.0425. The zero-order valence-electron chi connectivity index (χ0n) is 44.4. The average Bonchev–Trinajstić information content (AvgIpc) is 3.40. The molecular formula is C57H78ClNO15. The number of Topliss-reactive ketones (excluding diaryl/α,β-unsaturated/α-hetero) is 2. The number of halogens is 1. The Morgan fingerprint density at radius 1 is 0.811 bits per heavy atom. The Kier molecular flexibility index (Phi) is 23.0. The molecule has 1 saturated carbocycles. The monoisotopic (exact) mass is 1050 g/mol. The number of methoxy groups -OCH3 is 3. The van der Waals surface area contributed by atoms with E-state index in [0.29, 0.717) is 55.2 Å². The van der Waals surface area contributed by atoms with Gasteiger partial charge in [0.25, 0.3) is 11.7 Å². The number of hydrogen-bond donors (Lipinski definition) is 2. The van der Waals surface area contributed by atoms with Crippen LogP contribution in [0.4, 0.5) is 0 Å². The number of carbonyl (C=O) groups is 6. The van der Waals surface area contributed by atoms with Gasteiger partial charge >= 0.3 is 17.9 Å². The Balaban J connectivity index is 0.000000470. The fourth-order valence-corrected chi connectivity index (χ4v) is 11.0. The molecule has 1 aliphatic carbocycles. The summed E-state index contributed by atoms with van der Waals surface area (Å²) in [5.41, 5.74) is 2.34. The van der Waals surface area contributed by atoms with E-state index in [4.69, 9.17) is 35.3 Å². The highest BCUT2D eigenvalue weighted by molar-refractivity contribution is 6.39. The van der Waals surface area contributed by atoms with Crippen LogP contribution in [0.2, 0.25) is 0 Å². The molecular weight excluding hydrogens is 974 g/mol. The number of fused-ring (bicyclic) bond motifs is 3. The molecule has 408 valence electrons. The molecule has 0 spiro atoms. The normalized spacial score (nSPS) is 33.8. The number of piperidine rings is 1. The van der Waals surface area contributed by atoms with Crippen LogP contribution < -0.4 is 0 Å². The van der Waals surface area contributed by atoms with Gasteiger partial charge in [-0.05, 0) is 120 Å². The molecule has 16 nitrogen and oxygen atoms in total. The van der Waals surface area contributed by atoms with Crippen LogP contribution in [0.25, 0.3) is 0 Å². The molecule has 6 rings (SSSR count). The maximum Gasteiger partial charge on any atom is 0.386 e. The molecule has 2 saturated heterocycles. The number of alkyl halides is 1. The molecule has 0 radical (unpaired) electrons. The Hall–Kier alpha value is -4.81. The number of esters is 1. The lowest BCUT2D eigenvalue weighted by Crippen LogP contribution is -2.64. The van der Waals surface area contributed by atoms with Gasteiger partial charge in [0, 0.05) is 52.0 Å². The minimum Gasteiger partial charge on any atom is -0.456 e. The first-order valence-corrected chi connectivity index (χ1v) is 26.5. The van der Waals surface area contributed by atoms with Gasteiger partial charge in [-0.3, -0.25) is 14.4 Å². The molecule has 74 heavy (non-hydrogen) atoms. The summed E-state index contributed by atoms with van der Waals surface area (Å²) in [6.07, 6.45) is 5.16. The van der Waals surface area contributed by atoms with Crippen molar-refractivity contribution in [1.29, 1.82) is 0 Å².